The van der Waals surface area contributed by atoms with Crippen molar-refractivity contribution in [1.82, 2.24) is 4.40 Å². The van der Waals surface area contributed by atoms with Crippen LogP contribution in [0.5, 0.6) is 0 Å². The van der Waals surface area contributed by atoms with Crippen molar-refractivity contribution >= 4 is 16.3 Å². The van der Waals surface area contributed by atoms with Crippen LogP contribution in [0.2, 0.25) is 0 Å². The van der Waals surface area contributed by atoms with E-state index in [0.717, 1.165) is 5.39 Å². The van der Waals surface area contributed by atoms with E-state index in [4.69, 9.17) is 0 Å². The molecule has 86 valence electrons. The van der Waals surface area contributed by atoms with E-state index in [9.17, 15) is 13.2 Å². The standard InChI is InChI=1S/C13H8F3N/c14-13(15,16)12-8-9-4-1-2-5-10(9)11-6-3-7-17(11)12/h1-8H. The lowest BCUT2D eigenvalue weighted by atomic mass is 10.1. The molecule has 0 atom stereocenters. The van der Waals surface area contributed by atoms with Crippen molar-refractivity contribution in [3.8, 4) is 0 Å². The molecule has 0 bridgehead atoms. The Bertz CT molecular complexity index is 695. The number of aromatic nitrogens is 1. The van der Waals surface area contributed by atoms with Gasteiger partial charge >= 0.3 is 6.18 Å². The molecule has 0 amide bonds. The second-order valence-corrected chi connectivity index (χ2v) is 3.88. The van der Waals surface area contributed by atoms with Crippen molar-refractivity contribution in [2.24, 2.45) is 0 Å². The summed E-state index contributed by atoms with van der Waals surface area (Å²) in [5.74, 6) is 0. The minimum Gasteiger partial charge on any atom is -0.312 e. The fourth-order valence-electron chi connectivity index (χ4n) is 2.10. The average molecular weight is 235 g/mol. The number of nitrogens with zero attached hydrogens (tertiary/aromatic N) is 1. The largest absolute Gasteiger partial charge is 0.431 e. The zero-order chi connectivity index (χ0) is 12.0. The van der Waals surface area contributed by atoms with Crippen LogP contribution >= 0.6 is 0 Å². The van der Waals surface area contributed by atoms with Gasteiger partial charge in [0.25, 0.3) is 0 Å². The summed E-state index contributed by atoms with van der Waals surface area (Å²) < 4.78 is 39.9. The minimum absolute atomic E-state index is 0.579. The van der Waals surface area contributed by atoms with Gasteiger partial charge in [0.15, 0.2) is 0 Å². The molecule has 3 aromatic rings. The second kappa shape index (κ2) is 3.26. The van der Waals surface area contributed by atoms with Gasteiger partial charge in [-0.25, -0.2) is 0 Å². The van der Waals surface area contributed by atoms with Crippen LogP contribution in [0.3, 0.4) is 0 Å². The molecular formula is C13H8F3N. The van der Waals surface area contributed by atoms with Gasteiger partial charge in [0.1, 0.15) is 5.69 Å². The van der Waals surface area contributed by atoms with Gasteiger partial charge in [-0.05, 0) is 23.6 Å². The van der Waals surface area contributed by atoms with Crippen molar-refractivity contribution < 1.29 is 13.2 Å². The Kier molecular flexibility index (Phi) is 1.96. The van der Waals surface area contributed by atoms with Gasteiger partial charge in [-0.3, -0.25) is 0 Å². The van der Waals surface area contributed by atoms with Crippen LogP contribution in [-0.2, 0) is 6.18 Å². The number of alkyl halides is 3. The third-order valence-corrected chi connectivity index (χ3v) is 2.83. The molecular weight excluding hydrogens is 227 g/mol. The molecule has 0 spiro atoms. The molecule has 0 radical (unpaired) electrons. The van der Waals surface area contributed by atoms with Crippen molar-refractivity contribution in [1.29, 1.82) is 0 Å². The van der Waals surface area contributed by atoms with E-state index in [1.165, 1.54) is 16.7 Å². The average Bonchev–Trinajstić information content (AvgIpc) is 2.75. The van der Waals surface area contributed by atoms with E-state index in [0.29, 0.717) is 10.9 Å². The van der Waals surface area contributed by atoms with Crippen LogP contribution < -0.4 is 0 Å². The smallest absolute Gasteiger partial charge is 0.312 e. The Labute approximate surface area is 95.1 Å². The predicted octanol–water partition coefficient (Wildman–Crippen LogP) is 4.11. The number of pyridine rings is 1. The second-order valence-electron chi connectivity index (χ2n) is 3.88. The molecule has 4 heteroatoms. The van der Waals surface area contributed by atoms with Crippen molar-refractivity contribution in [2.75, 3.05) is 0 Å². The fraction of sp³-hybridized carbons (Fsp3) is 0.0769. The Hall–Kier alpha value is -1.97. The summed E-state index contributed by atoms with van der Waals surface area (Å²) >= 11 is 0. The van der Waals surface area contributed by atoms with Gasteiger partial charge < -0.3 is 4.40 Å². The molecule has 0 N–H and O–H groups in total. The van der Waals surface area contributed by atoms with E-state index < -0.39 is 11.9 Å². The number of halogens is 3. The highest BCUT2D eigenvalue weighted by atomic mass is 19.4. The Morgan fingerprint density at radius 3 is 2.47 bits per heavy atom. The molecule has 0 aliphatic rings. The zero-order valence-electron chi connectivity index (χ0n) is 8.70. The van der Waals surface area contributed by atoms with Crippen LogP contribution in [0.1, 0.15) is 5.69 Å². The molecule has 0 unspecified atom stereocenters. The van der Waals surface area contributed by atoms with Crippen LogP contribution in [0.25, 0.3) is 16.3 Å². The molecule has 0 fully saturated rings. The summed E-state index contributed by atoms with van der Waals surface area (Å²) in [7, 11) is 0. The van der Waals surface area contributed by atoms with Gasteiger partial charge in [-0.1, -0.05) is 24.3 Å². The van der Waals surface area contributed by atoms with E-state index >= 15 is 0 Å². The maximum atomic E-state index is 12.9. The molecule has 0 aliphatic heterocycles. The molecule has 1 nitrogen and oxygen atoms in total. The molecule has 2 heterocycles. The number of benzene rings is 1. The van der Waals surface area contributed by atoms with Crippen LogP contribution in [0, 0.1) is 0 Å². The zero-order valence-corrected chi connectivity index (χ0v) is 8.70. The highest BCUT2D eigenvalue weighted by molar-refractivity contribution is 5.96. The van der Waals surface area contributed by atoms with Gasteiger partial charge in [-0.2, -0.15) is 13.2 Å². The molecule has 17 heavy (non-hydrogen) atoms. The van der Waals surface area contributed by atoms with Crippen LogP contribution in [-0.4, -0.2) is 4.40 Å². The molecule has 0 aliphatic carbocycles. The maximum absolute atomic E-state index is 12.9. The first-order valence-corrected chi connectivity index (χ1v) is 5.13. The molecule has 0 saturated carbocycles. The lowest BCUT2D eigenvalue weighted by molar-refractivity contribution is -0.141. The van der Waals surface area contributed by atoms with E-state index in [1.54, 1.807) is 24.3 Å². The third-order valence-electron chi connectivity index (χ3n) is 2.83. The number of rotatable bonds is 0. The SMILES string of the molecule is FC(F)(F)c1cc2ccccc2c2cccn12. The van der Waals surface area contributed by atoms with Crippen LogP contribution in [0.4, 0.5) is 13.2 Å². The van der Waals surface area contributed by atoms with Gasteiger partial charge in [0, 0.05) is 11.6 Å². The Morgan fingerprint density at radius 1 is 0.941 bits per heavy atom. The van der Waals surface area contributed by atoms with Crippen molar-refractivity contribution in [3.05, 3.63) is 54.4 Å². The predicted molar refractivity (Wildman–Crippen MR) is 59.9 cm³/mol. The monoisotopic (exact) mass is 235 g/mol. The normalized spacial score (nSPS) is 12.4. The van der Waals surface area contributed by atoms with Gasteiger partial charge in [-0.15, -0.1) is 0 Å². The first-order valence-electron chi connectivity index (χ1n) is 5.13. The summed E-state index contributed by atoms with van der Waals surface area (Å²) in [6, 6.07) is 11.6. The molecule has 3 rings (SSSR count). The summed E-state index contributed by atoms with van der Waals surface area (Å²) in [5, 5.41) is 1.43. The fourth-order valence-corrected chi connectivity index (χ4v) is 2.10. The molecule has 0 saturated heterocycles. The number of hydrogen-bond acceptors (Lipinski definition) is 0. The third kappa shape index (κ3) is 1.48. The summed E-state index contributed by atoms with van der Waals surface area (Å²) in [6.45, 7) is 0. The maximum Gasteiger partial charge on any atom is 0.431 e. The topological polar surface area (TPSA) is 4.41 Å². The van der Waals surface area contributed by atoms with Gasteiger partial charge in [0.2, 0.25) is 0 Å². The highest BCUT2D eigenvalue weighted by Gasteiger charge is 2.33. The first-order chi connectivity index (χ1) is 8.07. The van der Waals surface area contributed by atoms with Crippen molar-refractivity contribution in [3.63, 3.8) is 0 Å². The first kappa shape index (κ1) is 10.2. The van der Waals surface area contributed by atoms with Crippen molar-refractivity contribution in [2.45, 2.75) is 6.18 Å². The number of fused-ring (bicyclic) bond motifs is 3. The summed E-state index contributed by atoms with van der Waals surface area (Å²) in [4.78, 5) is 0. The summed E-state index contributed by atoms with van der Waals surface area (Å²) in [6.07, 6.45) is -2.91. The molecule has 1 aromatic carbocycles. The lowest BCUT2D eigenvalue weighted by Gasteiger charge is -2.12. The molecule has 2 aromatic heterocycles. The quantitative estimate of drug-likeness (QED) is 0.552. The summed E-state index contributed by atoms with van der Waals surface area (Å²) in [5.41, 5.74) is -0.0633. The van der Waals surface area contributed by atoms with Gasteiger partial charge in [0.05, 0.1) is 5.52 Å². The van der Waals surface area contributed by atoms with E-state index in [1.807, 2.05) is 12.1 Å². The Morgan fingerprint density at radius 2 is 1.71 bits per heavy atom. The van der Waals surface area contributed by atoms with E-state index in [2.05, 4.69) is 0 Å². The van der Waals surface area contributed by atoms with Crippen LogP contribution in [0.15, 0.2) is 48.7 Å². The number of hydrogen-bond donors (Lipinski definition) is 0. The lowest BCUT2D eigenvalue weighted by Crippen LogP contribution is -2.10. The van der Waals surface area contributed by atoms with E-state index in [-0.39, 0.29) is 0 Å². The Balaban J connectivity index is 2.53. The minimum atomic E-state index is -4.35. The highest BCUT2D eigenvalue weighted by Crippen LogP contribution is 2.33.